The third-order valence-electron chi connectivity index (χ3n) is 5.21. The molecule has 1 heterocycles. The zero-order chi connectivity index (χ0) is 23.3. The maximum absolute atomic E-state index is 12.1. The van der Waals surface area contributed by atoms with Crippen LogP contribution < -0.4 is 16.0 Å². The van der Waals surface area contributed by atoms with E-state index >= 15 is 0 Å². The summed E-state index contributed by atoms with van der Waals surface area (Å²) in [6, 6.07) is 15.0. The Morgan fingerprint density at radius 2 is 1.50 bits per heavy atom. The number of aliphatic hydroxyl groups excluding tert-OH is 1. The molecular formula is C22H28N4O3S3. The Kier molecular flexibility index (Phi) is 8.05. The second-order valence-electron chi connectivity index (χ2n) is 7.95. The Balaban J connectivity index is 1.64. The lowest BCUT2D eigenvalue weighted by atomic mass is 10.2. The summed E-state index contributed by atoms with van der Waals surface area (Å²) in [4.78, 5) is 1.73. The van der Waals surface area contributed by atoms with Crippen molar-refractivity contribution in [3.63, 3.8) is 0 Å². The van der Waals surface area contributed by atoms with Gasteiger partial charge in [0.1, 0.15) is 0 Å². The highest BCUT2D eigenvalue weighted by Crippen LogP contribution is 2.20. The van der Waals surface area contributed by atoms with E-state index < -0.39 is 22.0 Å². The molecule has 0 saturated carbocycles. The number of rotatable bonds is 6. The summed E-state index contributed by atoms with van der Waals surface area (Å²) in [6.45, 7) is 4.79. The highest BCUT2D eigenvalue weighted by molar-refractivity contribution is 7.91. The van der Waals surface area contributed by atoms with Crippen LogP contribution in [0, 0.1) is 13.8 Å². The van der Waals surface area contributed by atoms with E-state index in [-0.39, 0.29) is 11.5 Å². The highest BCUT2D eigenvalue weighted by Gasteiger charge is 2.40. The molecule has 0 amide bonds. The van der Waals surface area contributed by atoms with E-state index in [1.165, 1.54) is 0 Å². The molecule has 1 aliphatic rings. The number of nitrogens with zero attached hydrogens (tertiary/aromatic N) is 1. The number of benzene rings is 2. The van der Waals surface area contributed by atoms with Crippen LogP contribution in [0.5, 0.6) is 0 Å². The number of aryl methyl sites for hydroxylation is 2. The number of sulfone groups is 1. The number of hydrogen-bond donors (Lipinski definition) is 4. The van der Waals surface area contributed by atoms with Crippen LogP contribution in [0.3, 0.4) is 0 Å². The molecule has 3 rings (SSSR count). The van der Waals surface area contributed by atoms with Gasteiger partial charge in [0.25, 0.3) is 0 Å². The van der Waals surface area contributed by atoms with Crippen molar-refractivity contribution >= 4 is 55.9 Å². The van der Waals surface area contributed by atoms with E-state index in [4.69, 9.17) is 24.4 Å². The fourth-order valence-electron chi connectivity index (χ4n) is 3.46. The van der Waals surface area contributed by atoms with E-state index in [9.17, 15) is 13.5 Å². The summed E-state index contributed by atoms with van der Waals surface area (Å²) >= 11 is 10.9. The molecular weight excluding hydrogens is 464 g/mol. The largest absolute Gasteiger partial charge is 0.390 e. The fraction of sp³-hybridized carbons (Fsp3) is 0.364. The number of hydrogen-bond acceptors (Lipinski definition) is 5. The van der Waals surface area contributed by atoms with Crippen LogP contribution in [0.15, 0.2) is 48.5 Å². The average molecular weight is 493 g/mol. The fourth-order valence-corrected chi connectivity index (χ4v) is 5.83. The molecule has 2 aromatic rings. The maximum atomic E-state index is 12.1. The van der Waals surface area contributed by atoms with E-state index in [1.54, 1.807) is 4.90 Å². The minimum atomic E-state index is -3.32. The second kappa shape index (κ2) is 10.6. The Bertz CT molecular complexity index is 1060. The summed E-state index contributed by atoms with van der Waals surface area (Å²) in [5, 5.41) is 20.6. The number of aliphatic hydroxyl groups is 1. The quantitative estimate of drug-likeness (QED) is 0.454. The molecule has 10 heteroatoms. The monoisotopic (exact) mass is 492 g/mol. The van der Waals surface area contributed by atoms with Crippen molar-refractivity contribution in [3.05, 3.63) is 59.7 Å². The van der Waals surface area contributed by atoms with Gasteiger partial charge < -0.3 is 26.0 Å². The predicted octanol–water partition coefficient (Wildman–Crippen LogP) is 2.45. The molecule has 1 fully saturated rings. The first-order valence-corrected chi connectivity index (χ1v) is 12.9. The molecule has 0 aromatic heterocycles. The number of nitrogens with one attached hydrogen (secondary N) is 3. The lowest BCUT2D eigenvalue weighted by molar-refractivity contribution is 0.124. The van der Waals surface area contributed by atoms with Crippen molar-refractivity contribution in [1.82, 2.24) is 10.2 Å². The molecule has 2 aromatic carbocycles. The summed E-state index contributed by atoms with van der Waals surface area (Å²) in [5.41, 5.74) is 3.95. The van der Waals surface area contributed by atoms with Gasteiger partial charge in [-0.1, -0.05) is 35.4 Å². The second-order valence-corrected chi connectivity index (χ2v) is 10.9. The van der Waals surface area contributed by atoms with Crippen LogP contribution >= 0.6 is 24.4 Å². The normalized spacial score (nSPS) is 19.2. The molecule has 0 radical (unpaired) electrons. The number of thiocarbonyl (C=S) groups is 2. The Labute approximate surface area is 200 Å². The minimum absolute atomic E-state index is 0.143. The van der Waals surface area contributed by atoms with Gasteiger partial charge in [-0.05, 0) is 62.5 Å². The molecule has 2 atom stereocenters. The van der Waals surface area contributed by atoms with Gasteiger partial charge in [-0.3, -0.25) is 0 Å². The van der Waals surface area contributed by atoms with Crippen LogP contribution in [0.25, 0.3) is 0 Å². The van der Waals surface area contributed by atoms with Crippen LogP contribution in [0.4, 0.5) is 11.4 Å². The van der Waals surface area contributed by atoms with Crippen LogP contribution in [-0.2, 0) is 9.84 Å². The zero-order valence-electron chi connectivity index (χ0n) is 18.0. The zero-order valence-corrected chi connectivity index (χ0v) is 20.5. The summed E-state index contributed by atoms with van der Waals surface area (Å²) in [7, 11) is -3.32. The van der Waals surface area contributed by atoms with Crippen LogP contribution in [-0.4, -0.2) is 65.4 Å². The first-order chi connectivity index (χ1) is 15.1. The van der Waals surface area contributed by atoms with Gasteiger partial charge in [0.05, 0.1) is 23.7 Å². The molecule has 0 aliphatic carbocycles. The molecule has 1 aliphatic heterocycles. The molecule has 0 spiro atoms. The van der Waals surface area contributed by atoms with Crippen molar-refractivity contribution < 1.29 is 13.5 Å². The minimum Gasteiger partial charge on any atom is -0.390 e. The van der Waals surface area contributed by atoms with Crippen molar-refractivity contribution in [3.8, 4) is 0 Å². The topological polar surface area (TPSA) is 93.7 Å². The van der Waals surface area contributed by atoms with Crippen LogP contribution in [0.2, 0.25) is 0 Å². The van der Waals surface area contributed by atoms with Crippen molar-refractivity contribution in [2.45, 2.75) is 26.0 Å². The van der Waals surface area contributed by atoms with Gasteiger partial charge in [0.2, 0.25) is 0 Å². The predicted molar refractivity (Wildman–Crippen MR) is 138 cm³/mol. The van der Waals surface area contributed by atoms with Gasteiger partial charge in [-0.15, -0.1) is 0 Å². The third-order valence-corrected chi connectivity index (χ3v) is 7.49. The Hall–Kier alpha value is -2.27. The van der Waals surface area contributed by atoms with Crippen molar-refractivity contribution in [1.29, 1.82) is 0 Å². The van der Waals surface area contributed by atoms with Gasteiger partial charge in [-0.2, -0.15) is 0 Å². The molecule has 1 saturated heterocycles. The average Bonchev–Trinajstić information content (AvgIpc) is 3.00. The lowest BCUT2D eigenvalue weighted by Crippen LogP contribution is -2.51. The van der Waals surface area contributed by atoms with Gasteiger partial charge in [-0.25, -0.2) is 8.42 Å². The highest BCUT2D eigenvalue weighted by atomic mass is 32.2. The summed E-state index contributed by atoms with van der Waals surface area (Å²) in [5.74, 6) is -0.405. The van der Waals surface area contributed by atoms with Crippen LogP contribution in [0.1, 0.15) is 11.1 Å². The molecule has 7 nitrogen and oxygen atoms in total. The summed E-state index contributed by atoms with van der Waals surface area (Å²) in [6.07, 6.45) is -1.00. The van der Waals surface area contributed by atoms with Crippen molar-refractivity contribution in [2.75, 3.05) is 35.2 Å². The Morgan fingerprint density at radius 1 is 0.969 bits per heavy atom. The van der Waals surface area contributed by atoms with Crippen molar-refractivity contribution in [2.24, 2.45) is 0 Å². The number of anilines is 2. The molecule has 172 valence electrons. The SMILES string of the molecule is Cc1ccc(NC(=S)NCCN(C(=S)Nc2ccc(C)cc2)[C@@H]2CS(=O)(=O)C[C@H]2O)cc1. The smallest absolute Gasteiger partial charge is 0.173 e. The standard InChI is InChI=1S/C22H28N4O3S3/c1-15-3-7-17(8-4-15)24-21(30)23-11-12-26(19-13-32(28,29)14-20(19)27)22(31)25-18-9-5-16(2)6-10-18/h3-10,19-20,27H,11-14H2,1-2H3,(H,25,31)(H2,23,24,30)/t19-,20-/m1/s1. The van der Waals surface area contributed by atoms with E-state index in [2.05, 4.69) is 16.0 Å². The molecule has 32 heavy (non-hydrogen) atoms. The summed E-state index contributed by atoms with van der Waals surface area (Å²) < 4.78 is 24.2. The molecule has 4 N–H and O–H groups in total. The van der Waals surface area contributed by atoms with Gasteiger partial charge in [0.15, 0.2) is 20.1 Å². The molecule has 0 unspecified atom stereocenters. The van der Waals surface area contributed by atoms with Gasteiger partial charge >= 0.3 is 0 Å². The maximum Gasteiger partial charge on any atom is 0.173 e. The molecule has 0 bridgehead atoms. The van der Waals surface area contributed by atoms with Gasteiger partial charge in [0, 0.05) is 24.5 Å². The van der Waals surface area contributed by atoms with E-state index in [0.717, 1.165) is 22.5 Å². The Morgan fingerprint density at radius 3 is 2.00 bits per heavy atom. The first-order valence-electron chi connectivity index (χ1n) is 10.3. The van der Waals surface area contributed by atoms with E-state index in [1.807, 2.05) is 62.4 Å². The lowest BCUT2D eigenvalue weighted by Gasteiger charge is -2.33. The van der Waals surface area contributed by atoms with E-state index in [0.29, 0.717) is 23.3 Å². The third kappa shape index (κ3) is 6.86. The first kappa shape index (κ1) is 24.4.